The third-order valence-corrected chi connectivity index (χ3v) is 4.02. The summed E-state index contributed by atoms with van der Waals surface area (Å²) in [6.45, 7) is 2.20. The Morgan fingerprint density at radius 3 is 2.10 bits per heavy atom. The lowest BCUT2D eigenvalue weighted by Gasteiger charge is -2.08. The molecule has 1 radical (unpaired) electrons. The van der Waals surface area contributed by atoms with Crippen LogP contribution in [0.25, 0.3) is 16.3 Å². The maximum absolute atomic E-state index is 2.32. The van der Waals surface area contributed by atoms with Gasteiger partial charge in [0.15, 0.2) is 0 Å². The summed E-state index contributed by atoms with van der Waals surface area (Å²) in [6.07, 6.45) is 2.30. The Bertz CT molecular complexity index is 823. The first-order valence-corrected chi connectivity index (χ1v) is 6.97. The zero-order chi connectivity index (χ0) is 13.5. The Labute approximate surface area is 119 Å². The second-order valence-corrected chi connectivity index (χ2v) is 5.35. The van der Waals surface area contributed by atoms with Gasteiger partial charge in [-0.05, 0) is 52.1 Å². The Morgan fingerprint density at radius 1 is 0.700 bits per heavy atom. The van der Waals surface area contributed by atoms with E-state index in [1.54, 1.807) is 0 Å². The summed E-state index contributed by atoms with van der Waals surface area (Å²) >= 11 is 0. The van der Waals surface area contributed by atoms with E-state index in [1.807, 2.05) is 0 Å². The molecule has 1 aliphatic carbocycles. The molecule has 3 aromatic rings. The molecular weight excluding hydrogens is 240 g/mol. The van der Waals surface area contributed by atoms with Crippen LogP contribution in [0.3, 0.4) is 0 Å². The second kappa shape index (κ2) is 4.35. The molecule has 0 nitrogen and oxygen atoms in total. The molecule has 0 N–H and O–H groups in total. The molecule has 0 atom stereocenters. The molecule has 4 rings (SSSR count). The van der Waals surface area contributed by atoms with Gasteiger partial charge in [-0.2, -0.15) is 0 Å². The third kappa shape index (κ3) is 1.69. The van der Waals surface area contributed by atoms with E-state index in [2.05, 4.69) is 80.1 Å². The molecular formula is C20H15. The van der Waals surface area contributed by atoms with E-state index >= 15 is 0 Å². The van der Waals surface area contributed by atoms with Crippen molar-refractivity contribution in [1.29, 1.82) is 0 Å². The molecule has 0 saturated heterocycles. The highest BCUT2D eigenvalue weighted by molar-refractivity contribution is 5.96. The Balaban J connectivity index is 1.97. The van der Waals surface area contributed by atoms with Crippen LogP contribution in [0.2, 0.25) is 0 Å². The van der Waals surface area contributed by atoms with Crippen molar-refractivity contribution in [3.8, 4) is 0 Å². The number of hydrogen-bond acceptors (Lipinski definition) is 0. The van der Waals surface area contributed by atoms with Crippen LogP contribution in [-0.2, 0) is 0 Å². The monoisotopic (exact) mass is 255 g/mol. The molecule has 3 aromatic carbocycles. The van der Waals surface area contributed by atoms with Gasteiger partial charge in [0.25, 0.3) is 0 Å². The highest BCUT2D eigenvalue weighted by Crippen LogP contribution is 2.40. The van der Waals surface area contributed by atoms with Gasteiger partial charge < -0.3 is 0 Å². The highest BCUT2D eigenvalue weighted by Gasteiger charge is 2.20. The highest BCUT2D eigenvalue weighted by atomic mass is 14.2. The second-order valence-electron chi connectivity index (χ2n) is 5.35. The minimum absolute atomic E-state index is 1.30. The minimum Gasteiger partial charge on any atom is -0.0622 e. The first-order valence-electron chi connectivity index (χ1n) is 6.97. The molecule has 1 aliphatic rings. The average molecular weight is 255 g/mol. The quantitative estimate of drug-likeness (QED) is 0.558. The molecule has 0 fully saturated rings. The van der Waals surface area contributed by atoms with Crippen molar-refractivity contribution in [1.82, 2.24) is 0 Å². The molecule has 95 valence electrons. The maximum atomic E-state index is 2.32. The lowest BCUT2D eigenvalue weighted by molar-refractivity contribution is 1.45. The van der Waals surface area contributed by atoms with Gasteiger partial charge in [-0.3, -0.25) is 0 Å². The number of benzene rings is 3. The van der Waals surface area contributed by atoms with Crippen molar-refractivity contribution >= 4 is 16.3 Å². The molecule has 0 saturated carbocycles. The largest absolute Gasteiger partial charge is 0.0622 e. The van der Waals surface area contributed by atoms with Crippen molar-refractivity contribution in [2.75, 3.05) is 0 Å². The van der Waals surface area contributed by atoms with E-state index in [0.29, 0.717) is 0 Å². The lowest BCUT2D eigenvalue weighted by Crippen LogP contribution is -1.88. The van der Waals surface area contributed by atoms with Crippen LogP contribution in [0.5, 0.6) is 0 Å². The number of hydrogen-bond donors (Lipinski definition) is 0. The van der Waals surface area contributed by atoms with Crippen LogP contribution in [0, 0.1) is 6.42 Å². The average Bonchev–Trinajstić information content (AvgIpc) is 2.80. The van der Waals surface area contributed by atoms with E-state index in [4.69, 9.17) is 0 Å². The molecule has 0 heterocycles. The number of allylic oxidation sites excluding steroid dienone is 1. The summed E-state index contributed by atoms with van der Waals surface area (Å²) in [6, 6.07) is 23.8. The third-order valence-electron chi connectivity index (χ3n) is 4.02. The lowest BCUT2D eigenvalue weighted by atomic mass is 9.95. The smallest absolute Gasteiger partial charge is 0.0168 e. The van der Waals surface area contributed by atoms with Gasteiger partial charge in [0, 0.05) is 6.42 Å². The molecule has 0 spiro atoms. The van der Waals surface area contributed by atoms with Gasteiger partial charge in [-0.15, -0.1) is 0 Å². The van der Waals surface area contributed by atoms with Gasteiger partial charge in [0.05, 0.1) is 0 Å². The standard InChI is InChI=1S/C20H15/c1-14-11-18-12-16-9-5-6-10-17(16)13-19(18)20(14)15-7-3-2-4-8-15/h2-13H,1H3. The summed E-state index contributed by atoms with van der Waals surface area (Å²) in [5, 5.41) is 2.62. The molecule has 0 aliphatic heterocycles. The Kier molecular flexibility index (Phi) is 2.50. The molecule has 0 bridgehead atoms. The van der Waals surface area contributed by atoms with Crippen molar-refractivity contribution < 1.29 is 0 Å². The van der Waals surface area contributed by atoms with Gasteiger partial charge in [-0.1, -0.05) is 60.2 Å². The van der Waals surface area contributed by atoms with Gasteiger partial charge in [-0.25, -0.2) is 0 Å². The van der Waals surface area contributed by atoms with Crippen LogP contribution < -0.4 is 0 Å². The summed E-state index contributed by atoms with van der Waals surface area (Å²) in [4.78, 5) is 0. The van der Waals surface area contributed by atoms with E-state index in [9.17, 15) is 0 Å². The Hall–Kier alpha value is -2.34. The summed E-state index contributed by atoms with van der Waals surface area (Å²) in [5.41, 5.74) is 6.70. The topological polar surface area (TPSA) is 0 Å². The number of fused-ring (bicyclic) bond motifs is 2. The molecule has 20 heavy (non-hydrogen) atoms. The van der Waals surface area contributed by atoms with Gasteiger partial charge >= 0.3 is 0 Å². The Morgan fingerprint density at radius 2 is 1.35 bits per heavy atom. The molecule has 0 amide bonds. The molecule has 0 unspecified atom stereocenters. The van der Waals surface area contributed by atoms with E-state index in [1.165, 1.54) is 38.6 Å². The minimum atomic E-state index is 1.30. The summed E-state index contributed by atoms with van der Waals surface area (Å²) in [5.74, 6) is 0. The molecule has 0 heteroatoms. The maximum Gasteiger partial charge on any atom is 0.0168 e. The van der Waals surface area contributed by atoms with Gasteiger partial charge in [0.1, 0.15) is 0 Å². The predicted molar refractivity (Wildman–Crippen MR) is 85.5 cm³/mol. The van der Waals surface area contributed by atoms with Crippen LogP contribution in [0.4, 0.5) is 0 Å². The fourth-order valence-corrected chi connectivity index (χ4v) is 3.10. The first-order chi connectivity index (χ1) is 9.83. The fourth-order valence-electron chi connectivity index (χ4n) is 3.10. The van der Waals surface area contributed by atoms with Crippen molar-refractivity contribution in [3.63, 3.8) is 0 Å². The zero-order valence-electron chi connectivity index (χ0n) is 11.4. The van der Waals surface area contributed by atoms with Crippen LogP contribution in [0.15, 0.2) is 72.3 Å². The number of rotatable bonds is 1. The summed E-state index contributed by atoms with van der Waals surface area (Å²) < 4.78 is 0. The van der Waals surface area contributed by atoms with Crippen molar-refractivity contribution in [3.05, 3.63) is 95.4 Å². The van der Waals surface area contributed by atoms with Crippen molar-refractivity contribution in [2.24, 2.45) is 0 Å². The van der Waals surface area contributed by atoms with Crippen LogP contribution >= 0.6 is 0 Å². The van der Waals surface area contributed by atoms with Crippen molar-refractivity contribution in [2.45, 2.75) is 6.92 Å². The SMILES string of the molecule is CC1=C(c2ccccc2)c2cc3ccccc3cc2[CH]1. The zero-order valence-corrected chi connectivity index (χ0v) is 11.4. The normalized spacial score (nSPS) is 13.8. The van der Waals surface area contributed by atoms with E-state index < -0.39 is 0 Å². The van der Waals surface area contributed by atoms with Crippen LogP contribution in [0.1, 0.15) is 23.6 Å². The molecule has 0 aromatic heterocycles. The fraction of sp³-hybridized carbons (Fsp3) is 0.0500. The van der Waals surface area contributed by atoms with Gasteiger partial charge in [0.2, 0.25) is 0 Å². The first kappa shape index (κ1) is 11.5. The summed E-state index contributed by atoms with van der Waals surface area (Å²) in [7, 11) is 0. The van der Waals surface area contributed by atoms with Crippen LogP contribution in [-0.4, -0.2) is 0 Å². The van der Waals surface area contributed by atoms with E-state index in [0.717, 1.165) is 0 Å². The van der Waals surface area contributed by atoms with E-state index in [-0.39, 0.29) is 0 Å². The predicted octanol–water partition coefficient (Wildman–Crippen LogP) is 5.23.